The molecule has 2 bridgehead atoms. The third-order valence-electron chi connectivity index (χ3n) is 3.84. The van der Waals surface area contributed by atoms with Gasteiger partial charge in [-0.25, -0.2) is 0 Å². The van der Waals surface area contributed by atoms with Gasteiger partial charge in [-0.2, -0.15) is 0 Å². The summed E-state index contributed by atoms with van der Waals surface area (Å²) in [5.41, 5.74) is 0. The monoisotopic (exact) mass is 178 g/mol. The van der Waals surface area contributed by atoms with Crippen LogP contribution in [0.15, 0.2) is 12.2 Å². The first kappa shape index (κ1) is 9.30. The topological polar surface area (TPSA) is 0 Å². The normalized spacial score (nSPS) is 35.9. The summed E-state index contributed by atoms with van der Waals surface area (Å²) in [6, 6.07) is 0. The fourth-order valence-corrected chi connectivity index (χ4v) is 3.06. The Hall–Kier alpha value is -0.260. The Balaban J connectivity index is 1.64. The molecule has 3 atom stereocenters. The van der Waals surface area contributed by atoms with E-state index in [0.29, 0.717) is 0 Å². The molecule has 0 nitrogen and oxygen atoms in total. The second-order valence-electron chi connectivity index (χ2n) is 4.89. The molecule has 0 unspecified atom stereocenters. The van der Waals surface area contributed by atoms with E-state index in [2.05, 4.69) is 19.1 Å². The zero-order chi connectivity index (χ0) is 9.10. The number of hydrogen-bond acceptors (Lipinski definition) is 0. The summed E-state index contributed by atoms with van der Waals surface area (Å²) in [4.78, 5) is 0. The molecule has 0 aromatic rings. The Morgan fingerprint density at radius 3 is 2.62 bits per heavy atom. The van der Waals surface area contributed by atoms with Crippen molar-refractivity contribution in [3.63, 3.8) is 0 Å². The molecule has 0 aromatic heterocycles. The van der Waals surface area contributed by atoms with Crippen LogP contribution in [0.3, 0.4) is 0 Å². The van der Waals surface area contributed by atoms with E-state index in [0.717, 1.165) is 17.8 Å². The first-order valence-electron chi connectivity index (χ1n) is 6.08. The molecule has 2 rings (SSSR count). The maximum atomic E-state index is 2.48. The van der Waals surface area contributed by atoms with Crippen LogP contribution in [0.4, 0.5) is 0 Å². The van der Waals surface area contributed by atoms with Crippen molar-refractivity contribution in [2.45, 2.75) is 51.9 Å². The fraction of sp³-hybridized carbons (Fsp3) is 0.846. The van der Waals surface area contributed by atoms with Crippen LogP contribution in [0.5, 0.6) is 0 Å². The molecule has 0 aromatic carbocycles. The zero-order valence-corrected chi connectivity index (χ0v) is 8.84. The largest absolute Gasteiger partial charge is 0.0851 e. The van der Waals surface area contributed by atoms with Gasteiger partial charge in [0, 0.05) is 0 Å². The van der Waals surface area contributed by atoms with Crippen LogP contribution in [0.25, 0.3) is 0 Å². The molecule has 0 radical (unpaired) electrons. The van der Waals surface area contributed by atoms with E-state index in [4.69, 9.17) is 0 Å². The Bertz CT molecular complexity index is 180. The number of unbranched alkanes of at least 4 members (excludes halogenated alkanes) is 3. The van der Waals surface area contributed by atoms with Gasteiger partial charge >= 0.3 is 0 Å². The summed E-state index contributed by atoms with van der Waals surface area (Å²) in [6.07, 6.45) is 15.2. The van der Waals surface area contributed by atoms with Crippen molar-refractivity contribution in [2.24, 2.45) is 17.8 Å². The van der Waals surface area contributed by atoms with Gasteiger partial charge in [0.25, 0.3) is 0 Å². The van der Waals surface area contributed by atoms with Crippen LogP contribution < -0.4 is 0 Å². The van der Waals surface area contributed by atoms with E-state index < -0.39 is 0 Å². The number of fused-ring (bicyclic) bond motifs is 2. The molecule has 2 aliphatic carbocycles. The molecule has 1 saturated carbocycles. The molecule has 0 saturated heterocycles. The zero-order valence-electron chi connectivity index (χ0n) is 8.84. The van der Waals surface area contributed by atoms with Gasteiger partial charge < -0.3 is 0 Å². The SMILES string of the molecule is CCCCCC[C@H]1C[C@@H]2C=C[C@H]1C2. The first-order valence-corrected chi connectivity index (χ1v) is 6.08. The Kier molecular flexibility index (Phi) is 3.08. The summed E-state index contributed by atoms with van der Waals surface area (Å²) >= 11 is 0. The first-order chi connectivity index (χ1) is 6.40. The van der Waals surface area contributed by atoms with E-state index in [1.807, 2.05) is 0 Å². The Morgan fingerprint density at radius 2 is 2.00 bits per heavy atom. The highest BCUT2D eigenvalue weighted by Gasteiger charge is 2.34. The van der Waals surface area contributed by atoms with Crippen molar-refractivity contribution in [2.75, 3.05) is 0 Å². The van der Waals surface area contributed by atoms with Crippen molar-refractivity contribution in [1.29, 1.82) is 0 Å². The van der Waals surface area contributed by atoms with Crippen molar-refractivity contribution in [3.05, 3.63) is 12.2 Å². The van der Waals surface area contributed by atoms with E-state index in [1.165, 1.54) is 44.9 Å². The molecule has 1 fully saturated rings. The third kappa shape index (κ3) is 2.15. The third-order valence-corrected chi connectivity index (χ3v) is 3.84. The van der Waals surface area contributed by atoms with E-state index in [-0.39, 0.29) is 0 Å². The quantitative estimate of drug-likeness (QED) is 0.438. The number of hydrogen-bond donors (Lipinski definition) is 0. The average Bonchev–Trinajstić information content (AvgIpc) is 2.73. The molecule has 13 heavy (non-hydrogen) atoms. The van der Waals surface area contributed by atoms with Gasteiger partial charge in [0.2, 0.25) is 0 Å². The molecule has 0 aliphatic heterocycles. The van der Waals surface area contributed by atoms with Crippen molar-refractivity contribution in [3.8, 4) is 0 Å². The van der Waals surface area contributed by atoms with Crippen LogP contribution in [0.2, 0.25) is 0 Å². The molecular formula is C13H22. The standard InChI is InChI=1S/C13H22/c1-2-3-4-5-6-12-9-11-7-8-13(12)10-11/h7-8,11-13H,2-6,9-10H2,1H3/t11-,12-,13-/m0/s1. The van der Waals surface area contributed by atoms with E-state index >= 15 is 0 Å². The molecule has 0 amide bonds. The van der Waals surface area contributed by atoms with Gasteiger partial charge in [0.1, 0.15) is 0 Å². The van der Waals surface area contributed by atoms with Gasteiger partial charge in [0.15, 0.2) is 0 Å². The Labute approximate surface area is 82.4 Å². The molecule has 0 heteroatoms. The highest BCUT2D eigenvalue weighted by Crippen LogP contribution is 2.45. The molecular weight excluding hydrogens is 156 g/mol. The predicted molar refractivity (Wildman–Crippen MR) is 57.6 cm³/mol. The summed E-state index contributed by atoms with van der Waals surface area (Å²) < 4.78 is 0. The minimum atomic E-state index is 0.973. The van der Waals surface area contributed by atoms with Crippen LogP contribution in [-0.2, 0) is 0 Å². The average molecular weight is 178 g/mol. The van der Waals surface area contributed by atoms with Crippen LogP contribution >= 0.6 is 0 Å². The highest BCUT2D eigenvalue weighted by molar-refractivity contribution is 5.09. The Morgan fingerprint density at radius 1 is 1.08 bits per heavy atom. The molecule has 0 spiro atoms. The van der Waals surface area contributed by atoms with Gasteiger partial charge in [-0.3, -0.25) is 0 Å². The second-order valence-corrected chi connectivity index (χ2v) is 4.89. The predicted octanol–water partition coefficient (Wildman–Crippen LogP) is 4.17. The van der Waals surface area contributed by atoms with Gasteiger partial charge in [-0.1, -0.05) is 44.8 Å². The summed E-state index contributed by atoms with van der Waals surface area (Å²) in [6.45, 7) is 2.29. The van der Waals surface area contributed by atoms with Gasteiger partial charge in [-0.05, 0) is 37.0 Å². The fourth-order valence-electron chi connectivity index (χ4n) is 3.06. The molecule has 74 valence electrons. The maximum Gasteiger partial charge on any atom is -0.0199 e. The number of allylic oxidation sites excluding steroid dienone is 2. The maximum absolute atomic E-state index is 2.48. The second kappa shape index (κ2) is 4.30. The highest BCUT2D eigenvalue weighted by atomic mass is 14.4. The molecule has 2 aliphatic rings. The van der Waals surface area contributed by atoms with Gasteiger partial charge in [0.05, 0.1) is 0 Å². The molecule has 0 heterocycles. The lowest BCUT2D eigenvalue weighted by Crippen LogP contribution is -2.06. The minimum Gasteiger partial charge on any atom is -0.0851 e. The smallest absolute Gasteiger partial charge is 0.0199 e. The lowest BCUT2D eigenvalue weighted by Gasteiger charge is -2.17. The van der Waals surface area contributed by atoms with E-state index in [9.17, 15) is 0 Å². The van der Waals surface area contributed by atoms with Crippen molar-refractivity contribution >= 4 is 0 Å². The summed E-state index contributed by atoms with van der Waals surface area (Å²) in [5.74, 6) is 3.01. The summed E-state index contributed by atoms with van der Waals surface area (Å²) in [5, 5.41) is 0. The lowest BCUT2D eigenvalue weighted by molar-refractivity contribution is 0.395. The molecule has 0 N–H and O–H groups in total. The lowest BCUT2D eigenvalue weighted by atomic mass is 9.88. The van der Waals surface area contributed by atoms with Crippen LogP contribution in [0, 0.1) is 17.8 Å². The minimum absolute atomic E-state index is 0.973. The summed E-state index contributed by atoms with van der Waals surface area (Å²) in [7, 11) is 0. The van der Waals surface area contributed by atoms with Crippen LogP contribution in [-0.4, -0.2) is 0 Å². The van der Waals surface area contributed by atoms with Crippen molar-refractivity contribution in [1.82, 2.24) is 0 Å². The van der Waals surface area contributed by atoms with E-state index in [1.54, 1.807) is 0 Å². The van der Waals surface area contributed by atoms with Gasteiger partial charge in [-0.15, -0.1) is 0 Å². The number of rotatable bonds is 5. The van der Waals surface area contributed by atoms with Crippen LogP contribution in [0.1, 0.15) is 51.9 Å². The van der Waals surface area contributed by atoms with Crippen molar-refractivity contribution < 1.29 is 0 Å².